The fourth-order valence-corrected chi connectivity index (χ4v) is 3.07. The lowest BCUT2D eigenvalue weighted by atomic mass is 10.2. The number of halogens is 8. The van der Waals surface area contributed by atoms with Gasteiger partial charge in [-0.3, -0.25) is 4.79 Å². The Morgan fingerprint density at radius 3 is 2.07 bits per heavy atom. The van der Waals surface area contributed by atoms with Gasteiger partial charge >= 0.3 is 12.4 Å². The molecular formula is C15H10Cl2F6N4O. The maximum atomic E-state index is 13.3. The quantitative estimate of drug-likeness (QED) is 0.640. The Labute approximate surface area is 163 Å². The number of nitrogens with zero attached hydrogens (tertiary/aromatic N) is 2. The predicted octanol–water partition coefficient (Wildman–Crippen LogP) is 5.15. The number of nitrogens with two attached hydrogens (primary N) is 1. The molecule has 0 radical (unpaired) electrons. The number of alkyl halides is 6. The molecule has 1 heterocycles. The minimum absolute atomic E-state index is 0.429. The van der Waals surface area contributed by atoms with Crippen molar-refractivity contribution in [2.45, 2.75) is 25.2 Å². The van der Waals surface area contributed by atoms with Gasteiger partial charge in [0, 0.05) is 5.92 Å². The zero-order valence-corrected chi connectivity index (χ0v) is 15.1. The normalized spacial score (nSPS) is 15.0. The molecule has 5 nitrogen and oxygen atoms in total. The molecule has 0 unspecified atom stereocenters. The maximum Gasteiger partial charge on any atom is 0.437 e. The summed E-state index contributed by atoms with van der Waals surface area (Å²) in [5, 5.41) is 4.13. The monoisotopic (exact) mass is 446 g/mol. The van der Waals surface area contributed by atoms with Crippen LogP contribution in [0.1, 0.15) is 24.1 Å². The molecule has 0 bridgehead atoms. The van der Waals surface area contributed by atoms with Crippen LogP contribution >= 0.6 is 23.2 Å². The minimum Gasteiger partial charge on any atom is -0.382 e. The Morgan fingerprint density at radius 1 is 1.11 bits per heavy atom. The maximum absolute atomic E-state index is 13.3. The lowest BCUT2D eigenvalue weighted by Crippen LogP contribution is -2.17. The van der Waals surface area contributed by atoms with Crippen LogP contribution in [0.3, 0.4) is 0 Å². The molecule has 28 heavy (non-hydrogen) atoms. The van der Waals surface area contributed by atoms with E-state index in [1.165, 1.54) is 0 Å². The van der Waals surface area contributed by atoms with Gasteiger partial charge in [-0.05, 0) is 25.0 Å². The third-order valence-corrected chi connectivity index (χ3v) is 4.52. The molecule has 1 aliphatic rings. The first-order valence-corrected chi connectivity index (χ1v) is 8.39. The summed E-state index contributed by atoms with van der Waals surface area (Å²) in [5.74, 6) is -1.77. The molecule has 1 fully saturated rings. The van der Waals surface area contributed by atoms with Crippen molar-refractivity contribution in [3.8, 4) is 5.69 Å². The van der Waals surface area contributed by atoms with Crippen LogP contribution in [0, 0.1) is 5.92 Å². The molecule has 1 aromatic carbocycles. The smallest absolute Gasteiger partial charge is 0.382 e. The van der Waals surface area contributed by atoms with Crippen molar-refractivity contribution < 1.29 is 31.1 Å². The molecule has 0 spiro atoms. The predicted molar refractivity (Wildman–Crippen MR) is 89.4 cm³/mol. The number of amides is 1. The number of nitrogen functional groups attached to an aromatic ring is 1. The highest BCUT2D eigenvalue weighted by atomic mass is 35.5. The third kappa shape index (κ3) is 3.86. The first-order chi connectivity index (χ1) is 12.8. The van der Waals surface area contributed by atoms with Gasteiger partial charge in [0.15, 0.2) is 11.5 Å². The average molecular weight is 447 g/mol. The highest BCUT2D eigenvalue weighted by Crippen LogP contribution is 2.43. The first kappa shape index (κ1) is 20.6. The van der Waals surface area contributed by atoms with Crippen LogP contribution in [0.2, 0.25) is 10.0 Å². The van der Waals surface area contributed by atoms with E-state index in [0.29, 0.717) is 29.7 Å². The molecule has 0 saturated heterocycles. The van der Waals surface area contributed by atoms with Crippen LogP contribution in [-0.4, -0.2) is 15.7 Å². The minimum atomic E-state index is -5.00. The summed E-state index contributed by atoms with van der Waals surface area (Å²) in [6.45, 7) is 0. The van der Waals surface area contributed by atoms with E-state index in [4.69, 9.17) is 28.9 Å². The summed E-state index contributed by atoms with van der Waals surface area (Å²) in [6, 6.07) is 0.971. The average Bonchev–Trinajstić information content (AvgIpc) is 3.33. The van der Waals surface area contributed by atoms with Crippen LogP contribution < -0.4 is 11.1 Å². The van der Waals surface area contributed by atoms with Crippen molar-refractivity contribution in [1.82, 2.24) is 9.78 Å². The van der Waals surface area contributed by atoms with Gasteiger partial charge in [0.1, 0.15) is 11.4 Å². The Morgan fingerprint density at radius 2 is 1.64 bits per heavy atom. The summed E-state index contributed by atoms with van der Waals surface area (Å²) in [4.78, 5) is 11.9. The van der Waals surface area contributed by atoms with Crippen molar-refractivity contribution in [1.29, 1.82) is 0 Å². The number of hydrogen-bond donors (Lipinski definition) is 2. The van der Waals surface area contributed by atoms with Gasteiger partial charge < -0.3 is 11.1 Å². The van der Waals surface area contributed by atoms with E-state index in [0.717, 1.165) is 0 Å². The molecule has 2 aromatic rings. The Hall–Kier alpha value is -2.14. The standard InChI is InChI=1S/C15H10Cl2F6N4O/c16-7-3-6(14(18,19)20)4-8(17)10(7)27-12(24)9(11(26-27)15(21,22)23)25-13(28)5-1-2-5/h3-5H,1-2,24H2,(H,25,28). The SMILES string of the molecule is Nc1c(NC(=O)C2CC2)c(C(F)(F)F)nn1-c1c(Cl)cc(C(F)(F)F)cc1Cl. The van der Waals surface area contributed by atoms with Crippen molar-refractivity contribution in [3.63, 3.8) is 0 Å². The van der Waals surface area contributed by atoms with Gasteiger partial charge in [0.2, 0.25) is 5.91 Å². The van der Waals surface area contributed by atoms with Gasteiger partial charge in [-0.15, -0.1) is 0 Å². The molecule has 1 aromatic heterocycles. The van der Waals surface area contributed by atoms with E-state index in [-0.39, 0.29) is 0 Å². The summed E-state index contributed by atoms with van der Waals surface area (Å²) >= 11 is 11.6. The second kappa shape index (κ2) is 6.73. The summed E-state index contributed by atoms with van der Waals surface area (Å²) in [6.07, 6.45) is -8.73. The lowest BCUT2D eigenvalue weighted by Gasteiger charge is -2.13. The number of nitrogens with one attached hydrogen (secondary N) is 1. The Kier molecular flexibility index (Phi) is 4.95. The van der Waals surface area contributed by atoms with Gasteiger partial charge in [-0.25, -0.2) is 4.68 Å². The number of benzene rings is 1. The number of carbonyl (C=O) groups excluding carboxylic acids is 1. The molecule has 0 atom stereocenters. The van der Waals surface area contributed by atoms with Gasteiger partial charge in [-0.1, -0.05) is 23.2 Å². The second-order valence-electron chi connectivity index (χ2n) is 6.07. The third-order valence-electron chi connectivity index (χ3n) is 3.94. The number of rotatable bonds is 3. The Balaban J connectivity index is 2.15. The van der Waals surface area contributed by atoms with Crippen molar-refractivity contribution >= 4 is 40.6 Å². The second-order valence-corrected chi connectivity index (χ2v) is 6.88. The molecule has 1 aliphatic carbocycles. The largest absolute Gasteiger partial charge is 0.437 e. The van der Waals surface area contributed by atoms with Gasteiger partial charge in [0.25, 0.3) is 0 Å². The lowest BCUT2D eigenvalue weighted by molar-refractivity contribution is -0.140. The van der Waals surface area contributed by atoms with E-state index >= 15 is 0 Å². The molecule has 13 heteroatoms. The van der Waals surface area contributed by atoms with Gasteiger partial charge in [0.05, 0.1) is 15.6 Å². The van der Waals surface area contributed by atoms with Crippen LogP contribution in [0.25, 0.3) is 5.69 Å². The van der Waals surface area contributed by atoms with Crippen molar-refractivity contribution in [2.75, 3.05) is 11.1 Å². The zero-order chi connectivity index (χ0) is 21.0. The fraction of sp³-hybridized carbons (Fsp3) is 0.333. The zero-order valence-electron chi connectivity index (χ0n) is 13.6. The summed E-state index contributed by atoms with van der Waals surface area (Å²) in [5.41, 5.74) is 1.70. The van der Waals surface area contributed by atoms with Gasteiger partial charge in [-0.2, -0.15) is 31.4 Å². The summed E-state index contributed by atoms with van der Waals surface area (Å²) < 4.78 is 79.1. The molecule has 3 rings (SSSR count). The van der Waals surface area contributed by atoms with Crippen molar-refractivity contribution in [2.24, 2.45) is 5.92 Å². The summed E-state index contributed by atoms with van der Waals surface area (Å²) in [7, 11) is 0. The van der Waals surface area contributed by atoms with E-state index in [1.54, 1.807) is 0 Å². The van der Waals surface area contributed by atoms with E-state index in [9.17, 15) is 31.1 Å². The van der Waals surface area contributed by atoms with Crippen LogP contribution in [0.4, 0.5) is 37.8 Å². The molecule has 1 saturated carbocycles. The molecule has 152 valence electrons. The number of anilines is 2. The number of carbonyl (C=O) groups is 1. The van der Waals surface area contributed by atoms with Crippen LogP contribution in [0.15, 0.2) is 12.1 Å². The molecule has 0 aliphatic heterocycles. The highest BCUT2D eigenvalue weighted by molar-refractivity contribution is 6.38. The topological polar surface area (TPSA) is 72.9 Å². The van der Waals surface area contributed by atoms with Crippen LogP contribution in [-0.2, 0) is 17.1 Å². The highest BCUT2D eigenvalue weighted by Gasteiger charge is 2.42. The number of hydrogen-bond acceptors (Lipinski definition) is 3. The Bertz CT molecular complexity index is 926. The first-order valence-electron chi connectivity index (χ1n) is 7.64. The van der Waals surface area contributed by atoms with E-state index in [1.807, 2.05) is 0 Å². The number of aromatic nitrogens is 2. The van der Waals surface area contributed by atoms with E-state index < -0.39 is 62.7 Å². The van der Waals surface area contributed by atoms with Crippen LogP contribution in [0.5, 0.6) is 0 Å². The molecule has 1 amide bonds. The molecular weight excluding hydrogens is 437 g/mol. The van der Waals surface area contributed by atoms with Crippen molar-refractivity contribution in [3.05, 3.63) is 33.4 Å². The van der Waals surface area contributed by atoms with E-state index in [2.05, 4.69) is 10.4 Å². The molecule has 3 N–H and O–H groups in total. The fourth-order valence-electron chi connectivity index (χ4n) is 2.43.